The molecule has 2 aromatic heterocycles. The molecule has 0 aromatic carbocycles. The number of carbonyl (C=O) groups excluding carboxylic acids is 1. The number of aromatic amines is 1. The average molecular weight is 446 g/mol. The number of aromatic nitrogens is 3. The Bertz CT molecular complexity index is 994. The summed E-state index contributed by atoms with van der Waals surface area (Å²) >= 11 is 0. The molecule has 172 valence electrons. The lowest BCUT2D eigenvalue weighted by molar-refractivity contribution is -0.0265. The fourth-order valence-corrected chi connectivity index (χ4v) is 4.16. The molecule has 3 fully saturated rings. The minimum absolute atomic E-state index is 0.123. The predicted molar refractivity (Wildman–Crippen MR) is 115 cm³/mol. The minimum Gasteiger partial charge on any atom is -0.476 e. The molecule has 9 heteroatoms. The highest BCUT2D eigenvalue weighted by atomic mass is 19.3. The van der Waals surface area contributed by atoms with Crippen LogP contribution in [0.3, 0.4) is 0 Å². The molecule has 2 saturated carbocycles. The van der Waals surface area contributed by atoms with Gasteiger partial charge in [-0.1, -0.05) is 12.8 Å². The van der Waals surface area contributed by atoms with Crippen molar-refractivity contribution in [2.75, 3.05) is 31.6 Å². The quantitative estimate of drug-likeness (QED) is 0.632. The maximum absolute atomic E-state index is 13.4. The van der Waals surface area contributed by atoms with E-state index in [1.165, 1.54) is 12.8 Å². The zero-order valence-corrected chi connectivity index (χ0v) is 18.5. The molecule has 3 aliphatic rings. The average Bonchev–Trinajstić information content (AvgIpc) is 3.67. The number of halogens is 2. The first-order chi connectivity index (χ1) is 15.3. The zero-order chi connectivity index (χ0) is 22.5. The Kier molecular flexibility index (Phi) is 5.29. The Hall–Kier alpha value is -2.71. The highest BCUT2D eigenvalue weighted by Gasteiger charge is 2.45. The number of anilines is 1. The second kappa shape index (κ2) is 8.01. The second-order valence-electron chi connectivity index (χ2n) is 9.56. The van der Waals surface area contributed by atoms with Gasteiger partial charge < -0.3 is 14.5 Å². The van der Waals surface area contributed by atoms with Gasteiger partial charge in [0, 0.05) is 7.05 Å². The summed E-state index contributed by atoms with van der Waals surface area (Å²) in [7, 11) is 1.78. The Morgan fingerprint density at radius 3 is 2.59 bits per heavy atom. The molecule has 7 nitrogen and oxygen atoms in total. The van der Waals surface area contributed by atoms with Crippen LogP contribution in [0.1, 0.15) is 60.0 Å². The molecule has 1 atom stereocenters. The van der Waals surface area contributed by atoms with E-state index in [1.807, 2.05) is 13.0 Å². The Balaban J connectivity index is 1.38. The number of pyridine rings is 1. The first kappa shape index (κ1) is 21.2. The minimum atomic E-state index is -2.69. The molecule has 2 aromatic rings. The molecule has 2 aliphatic carbocycles. The third-order valence-electron chi connectivity index (χ3n) is 6.52. The lowest BCUT2D eigenvalue weighted by Crippen LogP contribution is -2.56. The van der Waals surface area contributed by atoms with Crippen LogP contribution in [-0.4, -0.2) is 58.7 Å². The van der Waals surface area contributed by atoms with Crippen molar-refractivity contribution in [1.29, 1.82) is 0 Å². The summed E-state index contributed by atoms with van der Waals surface area (Å²) in [5.74, 6) is -1.56. The van der Waals surface area contributed by atoms with E-state index >= 15 is 0 Å². The van der Waals surface area contributed by atoms with Crippen LogP contribution in [0.15, 0.2) is 18.2 Å². The molecule has 1 aliphatic heterocycles. The van der Waals surface area contributed by atoms with E-state index in [9.17, 15) is 13.6 Å². The molecule has 0 radical (unpaired) electrons. The van der Waals surface area contributed by atoms with Gasteiger partial charge >= 0.3 is 0 Å². The smallest absolute Gasteiger partial charge is 0.282 e. The van der Waals surface area contributed by atoms with Crippen LogP contribution in [-0.2, 0) is 0 Å². The van der Waals surface area contributed by atoms with Gasteiger partial charge in [-0.05, 0) is 56.2 Å². The largest absolute Gasteiger partial charge is 0.476 e. The number of ether oxygens (including phenoxy) is 1. The van der Waals surface area contributed by atoms with Gasteiger partial charge in [-0.3, -0.25) is 9.89 Å². The number of aryl methyl sites for hydroxylation is 1. The molecule has 0 bridgehead atoms. The highest BCUT2D eigenvalue weighted by molar-refractivity contribution is 5.93. The predicted octanol–water partition coefficient (Wildman–Crippen LogP) is 3.97. The molecule has 1 amide bonds. The van der Waals surface area contributed by atoms with E-state index in [0.717, 1.165) is 30.7 Å². The number of carbonyl (C=O) groups is 1. The summed E-state index contributed by atoms with van der Waals surface area (Å²) in [6.07, 6.45) is 5.43. The standard InChI is InChI=1S/C23H29F2N5O2/c1-14-9-18(28-27-14)20(10-15-3-4-15)29(2)22(31)17-7-8-19(30-12-23(24,25)13-30)21(26-17)32-11-16-5-6-16/h7-9,15-16,20H,3-6,10-13H2,1-2H3,(H,27,28)/t20-/m0/s1. The Morgan fingerprint density at radius 2 is 2.00 bits per heavy atom. The van der Waals surface area contributed by atoms with Crippen LogP contribution >= 0.6 is 0 Å². The molecule has 0 spiro atoms. The Labute approximate surface area is 186 Å². The number of hydrogen-bond donors (Lipinski definition) is 1. The van der Waals surface area contributed by atoms with Crippen molar-refractivity contribution >= 4 is 11.6 Å². The molecule has 5 rings (SSSR count). The van der Waals surface area contributed by atoms with Crippen molar-refractivity contribution in [2.24, 2.45) is 11.8 Å². The maximum atomic E-state index is 13.4. The van der Waals surface area contributed by atoms with Gasteiger partial charge in [-0.2, -0.15) is 5.10 Å². The van der Waals surface area contributed by atoms with Gasteiger partial charge in [0.25, 0.3) is 11.8 Å². The summed E-state index contributed by atoms with van der Waals surface area (Å²) in [6, 6.07) is 5.15. The topological polar surface area (TPSA) is 74.3 Å². The molecular formula is C23H29F2N5O2. The maximum Gasteiger partial charge on any atom is 0.282 e. The van der Waals surface area contributed by atoms with Gasteiger partial charge in [-0.25, -0.2) is 13.8 Å². The van der Waals surface area contributed by atoms with Crippen LogP contribution in [0.2, 0.25) is 0 Å². The molecular weight excluding hydrogens is 416 g/mol. The van der Waals surface area contributed by atoms with Gasteiger partial charge in [-0.15, -0.1) is 0 Å². The highest BCUT2D eigenvalue weighted by Crippen LogP contribution is 2.41. The van der Waals surface area contributed by atoms with E-state index in [-0.39, 0.29) is 36.6 Å². The number of nitrogens with zero attached hydrogens (tertiary/aromatic N) is 4. The first-order valence-electron chi connectivity index (χ1n) is 11.3. The summed E-state index contributed by atoms with van der Waals surface area (Å²) < 4.78 is 32.8. The normalized spacial score (nSPS) is 20.6. The lowest BCUT2D eigenvalue weighted by Gasteiger charge is -2.40. The van der Waals surface area contributed by atoms with E-state index in [4.69, 9.17) is 4.74 Å². The first-order valence-corrected chi connectivity index (χ1v) is 11.3. The van der Waals surface area contributed by atoms with Crippen LogP contribution < -0.4 is 9.64 Å². The second-order valence-corrected chi connectivity index (χ2v) is 9.56. The van der Waals surface area contributed by atoms with Crippen molar-refractivity contribution in [1.82, 2.24) is 20.1 Å². The third kappa shape index (κ3) is 4.56. The van der Waals surface area contributed by atoms with Gasteiger partial charge in [0.05, 0.1) is 37.1 Å². The number of rotatable bonds is 9. The summed E-state index contributed by atoms with van der Waals surface area (Å²) in [5.41, 5.74) is 2.57. The molecule has 3 heterocycles. The molecule has 32 heavy (non-hydrogen) atoms. The van der Waals surface area contributed by atoms with E-state index in [1.54, 1.807) is 29.0 Å². The van der Waals surface area contributed by atoms with Crippen molar-refractivity contribution < 1.29 is 18.3 Å². The van der Waals surface area contributed by atoms with Gasteiger partial charge in [0.2, 0.25) is 5.88 Å². The number of hydrogen-bond acceptors (Lipinski definition) is 5. The summed E-state index contributed by atoms with van der Waals surface area (Å²) in [5, 5.41) is 7.29. The van der Waals surface area contributed by atoms with E-state index in [2.05, 4.69) is 15.2 Å². The number of H-pyrrole nitrogens is 1. The fourth-order valence-electron chi connectivity index (χ4n) is 4.16. The van der Waals surface area contributed by atoms with Crippen molar-refractivity contribution in [2.45, 2.75) is 51.0 Å². The van der Waals surface area contributed by atoms with Crippen LogP contribution in [0.5, 0.6) is 5.88 Å². The molecule has 1 N–H and O–H groups in total. The zero-order valence-electron chi connectivity index (χ0n) is 18.5. The fraction of sp³-hybridized carbons (Fsp3) is 0.609. The van der Waals surface area contributed by atoms with Crippen molar-refractivity contribution in [3.8, 4) is 5.88 Å². The number of nitrogens with one attached hydrogen (secondary N) is 1. The third-order valence-corrected chi connectivity index (χ3v) is 6.52. The summed E-state index contributed by atoms with van der Waals surface area (Å²) in [6.45, 7) is 1.70. The van der Waals surface area contributed by atoms with Crippen molar-refractivity contribution in [3.05, 3.63) is 35.3 Å². The lowest BCUT2D eigenvalue weighted by atomic mass is 10.0. The van der Waals surface area contributed by atoms with E-state index < -0.39 is 5.92 Å². The van der Waals surface area contributed by atoms with Crippen LogP contribution in [0.25, 0.3) is 0 Å². The SMILES string of the molecule is Cc1cc([C@H](CC2CC2)N(C)C(=O)c2ccc(N3CC(F)(F)C3)c(OCC3CC3)n2)[nH]n1. The molecule has 1 saturated heterocycles. The van der Waals surface area contributed by atoms with Crippen LogP contribution in [0.4, 0.5) is 14.5 Å². The number of alkyl halides is 2. The van der Waals surface area contributed by atoms with Crippen molar-refractivity contribution in [3.63, 3.8) is 0 Å². The van der Waals surface area contributed by atoms with Crippen LogP contribution in [0, 0.1) is 18.8 Å². The molecule has 0 unspecified atom stereocenters. The van der Waals surface area contributed by atoms with E-state index in [0.29, 0.717) is 24.1 Å². The monoisotopic (exact) mass is 445 g/mol. The van der Waals surface area contributed by atoms with Gasteiger partial charge in [0.1, 0.15) is 11.4 Å². The Morgan fingerprint density at radius 1 is 1.28 bits per heavy atom. The van der Waals surface area contributed by atoms with Gasteiger partial charge in [0.15, 0.2) is 0 Å². The summed E-state index contributed by atoms with van der Waals surface area (Å²) in [4.78, 5) is 21.1. The number of amides is 1.